The van der Waals surface area contributed by atoms with Crippen molar-refractivity contribution in [1.29, 1.82) is 0 Å². The lowest BCUT2D eigenvalue weighted by atomic mass is 10.0. The van der Waals surface area contributed by atoms with Crippen LogP contribution in [0.25, 0.3) is 10.9 Å². The number of aryl methyl sites for hydroxylation is 1. The molecule has 1 aromatic carbocycles. The molecule has 1 aliphatic carbocycles. The highest BCUT2D eigenvalue weighted by Gasteiger charge is 2.23. The van der Waals surface area contributed by atoms with Crippen molar-refractivity contribution >= 4 is 10.9 Å². The van der Waals surface area contributed by atoms with E-state index < -0.39 is 0 Å². The highest BCUT2D eigenvalue weighted by Crippen LogP contribution is 2.28. The second-order valence-electron chi connectivity index (χ2n) is 5.23. The summed E-state index contributed by atoms with van der Waals surface area (Å²) in [5.74, 6) is 0. The van der Waals surface area contributed by atoms with Crippen LogP contribution in [-0.2, 0) is 0 Å². The zero-order valence-electron chi connectivity index (χ0n) is 11.1. The molecule has 3 heteroatoms. The maximum absolute atomic E-state index is 3.61. The second-order valence-corrected chi connectivity index (χ2v) is 5.23. The number of nitrogens with one attached hydrogen (secondary N) is 3. The minimum Gasteiger partial charge on any atom is -0.358 e. The Balaban J connectivity index is 1.91. The average molecular weight is 243 g/mol. The molecular weight excluding hydrogens is 222 g/mol. The molecule has 96 valence electrons. The van der Waals surface area contributed by atoms with Crippen molar-refractivity contribution in [1.82, 2.24) is 15.6 Å². The summed E-state index contributed by atoms with van der Waals surface area (Å²) in [4.78, 5) is 3.48. The van der Waals surface area contributed by atoms with E-state index in [0.29, 0.717) is 6.04 Å². The number of benzene rings is 1. The molecule has 0 bridgehead atoms. The molecule has 3 rings (SSSR count). The lowest BCUT2D eigenvalue weighted by molar-refractivity contribution is 0.527. The van der Waals surface area contributed by atoms with E-state index in [9.17, 15) is 0 Å². The van der Waals surface area contributed by atoms with Gasteiger partial charge in [0.1, 0.15) is 0 Å². The third-order valence-corrected chi connectivity index (χ3v) is 3.83. The SMILES string of the molecule is CNC(CNC1CC1)c1c(C)[nH]c2ccccc12. The number of aromatic nitrogens is 1. The van der Waals surface area contributed by atoms with E-state index in [1.807, 2.05) is 7.05 Å². The first-order chi connectivity index (χ1) is 8.79. The summed E-state index contributed by atoms with van der Waals surface area (Å²) < 4.78 is 0. The lowest BCUT2D eigenvalue weighted by Crippen LogP contribution is -2.31. The van der Waals surface area contributed by atoms with Crippen molar-refractivity contribution in [2.75, 3.05) is 13.6 Å². The number of aromatic amines is 1. The molecule has 18 heavy (non-hydrogen) atoms. The van der Waals surface area contributed by atoms with Crippen LogP contribution in [0.15, 0.2) is 24.3 Å². The number of H-pyrrole nitrogens is 1. The van der Waals surface area contributed by atoms with Crippen LogP contribution in [0.4, 0.5) is 0 Å². The van der Waals surface area contributed by atoms with Gasteiger partial charge >= 0.3 is 0 Å². The highest BCUT2D eigenvalue weighted by atomic mass is 15.0. The van der Waals surface area contributed by atoms with Gasteiger partial charge in [-0.3, -0.25) is 0 Å². The quantitative estimate of drug-likeness (QED) is 0.755. The Bertz CT molecular complexity index is 540. The summed E-state index contributed by atoms with van der Waals surface area (Å²) in [6, 6.07) is 9.68. The Labute approximate surface area is 108 Å². The fourth-order valence-corrected chi connectivity index (χ4v) is 2.67. The van der Waals surface area contributed by atoms with Gasteiger partial charge < -0.3 is 15.6 Å². The molecule has 1 aromatic heterocycles. The summed E-state index contributed by atoms with van der Waals surface area (Å²) in [6.45, 7) is 3.17. The maximum atomic E-state index is 3.61. The Morgan fingerprint density at radius 3 is 2.83 bits per heavy atom. The minimum absolute atomic E-state index is 0.377. The zero-order chi connectivity index (χ0) is 12.5. The third kappa shape index (κ3) is 2.16. The number of likely N-dealkylation sites (N-methyl/N-ethyl adjacent to an activating group) is 1. The smallest absolute Gasteiger partial charge is 0.0468 e. The van der Waals surface area contributed by atoms with Gasteiger partial charge in [0.15, 0.2) is 0 Å². The second kappa shape index (κ2) is 4.75. The molecule has 0 amide bonds. The largest absolute Gasteiger partial charge is 0.358 e. The van der Waals surface area contributed by atoms with Gasteiger partial charge in [0.25, 0.3) is 0 Å². The fourth-order valence-electron chi connectivity index (χ4n) is 2.67. The van der Waals surface area contributed by atoms with Crippen LogP contribution in [0.2, 0.25) is 0 Å². The van der Waals surface area contributed by atoms with Crippen molar-refractivity contribution in [3.05, 3.63) is 35.5 Å². The Hall–Kier alpha value is -1.32. The van der Waals surface area contributed by atoms with Crippen LogP contribution >= 0.6 is 0 Å². The molecule has 0 spiro atoms. The normalized spacial score (nSPS) is 17.2. The molecule has 0 aliphatic heterocycles. The first-order valence-electron chi connectivity index (χ1n) is 6.77. The van der Waals surface area contributed by atoms with Crippen molar-refractivity contribution in [2.24, 2.45) is 0 Å². The monoisotopic (exact) mass is 243 g/mol. The van der Waals surface area contributed by atoms with Crippen LogP contribution in [0.3, 0.4) is 0 Å². The summed E-state index contributed by atoms with van der Waals surface area (Å²) in [7, 11) is 2.04. The molecule has 1 heterocycles. The van der Waals surface area contributed by atoms with Crippen molar-refractivity contribution < 1.29 is 0 Å². The van der Waals surface area contributed by atoms with E-state index in [4.69, 9.17) is 0 Å². The van der Waals surface area contributed by atoms with Crippen molar-refractivity contribution in [3.8, 4) is 0 Å². The molecule has 1 aliphatic rings. The van der Waals surface area contributed by atoms with E-state index in [0.717, 1.165) is 12.6 Å². The van der Waals surface area contributed by atoms with Crippen LogP contribution in [-0.4, -0.2) is 24.6 Å². The van der Waals surface area contributed by atoms with Crippen molar-refractivity contribution in [2.45, 2.75) is 31.8 Å². The van der Waals surface area contributed by atoms with E-state index >= 15 is 0 Å². The fraction of sp³-hybridized carbons (Fsp3) is 0.467. The predicted octanol–water partition coefficient (Wildman–Crippen LogP) is 2.49. The number of para-hydroxylation sites is 1. The molecule has 0 saturated heterocycles. The summed E-state index contributed by atoms with van der Waals surface area (Å²) in [5, 5.41) is 8.39. The molecule has 1 fully saturated rings. The van der Waals surface area contributed by atoms with Gasteiger partial charge in [0.2, 0.25) is 0 Å². The average Bonchev–Trinajstić information content (AvgIpc) is 3.14. The molecular formula is C15H21N3. The Morgan fingerprint density at radius 2 is 2.11 bits per heavy atom. The molecule has 1 saturated carbocycles. The molecule has 3 N–H and O–H groups in total. The van der Waals surface area contributed by atoms with E-state index in [-0.39, 0.29) is 0 Å². The van der Waals surface area contributed by atoms with E-state index in [2.05, 4.69) is 46.8 Å². The topological polar surface area (TPSA) is 39.8 Å². The van der Waals surface area contributed by atoms with Gasteiger partial charge in [0.05, 0.1) is 0 Å². The Morgan fingerprint density at radius 1 is 1.33 bits per heavy atom. The molecule has 1 unspecified atom stereocenters. The summed E-state index contributed by atoms with van der Waals surface area (Å²) in [6.07, 6.45) is 2.67. The number of hydrogen-bond donors (Lipinski definition) is 3. The minimum atomic E-state index is 0.377. The van der Waals surface area contributed by atoms with E-state index in [1.165, 1.54) is 35.0 Å². The predicted molar refractivity (Wildman–Crippen MR) is 75.9 cm³/mol. The standard InChI is InChI=1S/C15H21N3/c1-10-15(12-5-3-4-6-13(12)18-10)14(16-2)9-17-11-7-8-11/h3-6,11,14,16-18H,7-9H2,1-2H3. The van der Waals surface area contributed by atoms with Crippen molar-refractivity contribution in [3.63, 3.8) is 0 Å². The van der Waals surface area contributed by atoms with Crippen LogP contribution in [0.1, 0.15) is 30.1 Å². The number of rotatable bonds is 5. The van der Waals surface area contributed by atoms with Gasteiger partial charge in [-0.05, 0) is 38.4 Å². The third-order valence-electron chi connectivity index (χ3n) is 3.83. The number of hydrogen-bond acceptors (Lipinski definition) is 2. The van der Waals surface area contributed by atoms with Gasteiger partial charge in [-0.2, -0.15) is 0 Å². The number of fused-ring (bicyclic) bond motifs is 1. The van der Waals surface area contributed by atoms with Gasteiger partial charge in [0, 0.05) is 35.2 Å². The van der Waals surface area contributed by atoms with Gasteiger partial charge in [-0.25, -0.2) is 0 Å². The van der Waals surface area contributed by atoms with Crippen LogP contribution < -0.4 is 10.6 Å². The van der Waals surface area contributed by atoms with Crippen LogP contribution in [0, 0.1) is 6.92 Å². The zero-order valence-corrected chi connectivity index (χ0v) is 11.1. The first-order valence-corrected chi connectivity index (χ1v) is 6.77. The summed E-state index contributed by atoms with van der Waals surface area (Å²) >= 11 is 0. The molecule has 2 aromatic rings. The van der Waals surface area contributed by atoms with Gasteiger partial charge in [-0.15, -0.1) is 0 Å². The molecule has 1 atom stereocenters. The van der Waals surface area contributed by atoms with Gasteiger partial charge in [-0.1, -0.05) is 18.2 Å². The lowest BCUT2D eigenvalue weighted by Gasteiger charge is -2.17. The Kier molecular flexibility index (Phi) is 3.10. The highest BCUT2D eigenvalue weighted by molar-refractivity contribution is 5.85. The first kappa shape index (κ1) is 11.8. The maximum Gasteiger partial charge on any atom is 0.0468 e. The van der Waals surface area contributed by atoms with Crippen LogP contribution in [0.5, 0.6) is 0 Å². The molecule has 3 nitrogen and oxygen atoms in total. The van der Waals surface area contributed by atoms with E-state index in [1.54, 1.807) is 0 Å². The molecule has 0 radical (unpaired) electrons. The summed E-state index contributed by atoms with van der Waals surface area (Å²) in [5.41, 5.74) is 3.91.